The number of nitrogens with one attached hydrogen (secondary N) is 1. The molecular formula is C21H24N2O3. The van der Waals surface area contributed by atoms with E-state index in [2.05, 4.69) is 29.6 Å². The van der Waals surface area contributed by atoms with Gasteiger partial charge in [-0.1, -0.05) is 48.5 Å². The van der Waals surface area contributed by atoms with Crippen molar-refractivity contribution in [2.45, 2.75) is 31.2 Å². The Morgan fingerprint density at radius 1 is 1.08 bits per heavy atom. The van der Waals surface area contributed by atoms with Gasteiger partial charge in [0.25, 0.3) is 0 Å². The third-order valence-corrected chi connectivity index (χ3v) is 4.78. The molecule has 3 rings (SSSR count). The second kappa shape index (κ2) is 8.63. The number of ether oxygens (including phenoxy) is 1. The van der Waals surface area contributed by atoms with Crippen molar-refractivity contribution in [3.8, 4) is 11.1 Å². The molecule has 136 valence electrons. The van der Waals surface area contributed by atoms with Gasteiger partial charge in [0.05, 0.1) is 6.04 Å². The van der Waals surface area contributed by atoms with Crippen LogP contribution in [0.15, 0.2) is 48.5 Å². The number of fused-ring (bicyclic) bond motifs is 3. The first kappa shape index (κ1) is 18.1. The fourth-order valence-electron chi connectivity index (χ4n) is 3.47. The lowest BCUT2D eigenvalue weighted by molar-refractivity contribution is -0.109. The molecule has 5 heteroatoms. The summed E-state index contributed by atoms with van der Waals surface area (Å²) in [6, 6.07) is 15.8. The van der Waals surface area contributed by atoms with Crippen molar-refractivity contribution in [1.29, 1.82) is 0 Å². The fourth-order valence-corrected chi connectivity index (χ4v) is 3.47. The van der Waals surface area contributed by atoms with Crippen LogP contribution in [0.25, 0.3) is 11.1 Å². The van der Waals surface area contributed by atoms with E-state index in [1.54, 1.807) is 0 Å². The van der Waals surface area contributed by atoms with E-state index < -0.39 is 12.1 Å². The van der Waals surface area contributed by atoms with Crippen molar-refractivity contribution < 1.29 is 14.3 Å². The molecule has 0 bridgehead atoms. The van der Waals surface area contributed by atoms with Gasteiger partial charge in [-0.05, 0) is 48.1 Å². The maximum Gasteiger partial charge on any atom is 0.407 e. The van der Waals surface area contributed by atoms with Crippen LogP contribution in [-0.2, 0) is 9.53 Å². The number of rotatable bonds is 8. The van der Waals surface area contributed by atoms with Gasteiger partial charge in [0.15, 0.2) is 0 Å². The maximum atomic E-state index is 12.1. The summed E-state index contributed by atoms with van der Waals surface area (Å²) in [5.74, 6) is 0.0140. The minimum atomic E-state index is -0.559. The molecule has 3 N–H and O–H groups in total. The lowest BCUT2D eigenvalue weighted by atomic mass is 9.98. The molecule has 1 aliphatic carbocycles. The van der Waals surface area contributed by atoms with Crippen LogP contribution in [0, 0.1) is 0 Å². The van der Waals surface area contributed by atoms with Crippen molar-refractivity contribution in [1.82, 2.24) is 5.32 Å². The standard InChI is InChI=1S/C21H24N2O3/c22-12-6-5-7-15(13-24)23-21(25)26-14-20-18-10-3-1-8-16(18)17-9-2-4-11-19(17)20/h1-4,8-11,13,15,20H,5-7,12,14,22H2,(H,23,25). The van der Waals surface area contributed by atoms with Crippen molar-refractivity contribution in [2.24, 2.45) is 5.73 Å². The third-order valence-electron chi connectivity index (χ3n) is 4.78. The molecule has 0 aliphatic heterocycles. The number of carbonyl (C=O) groups is 2. The number of amides is 1. The predicted octanol–water partition coefficient (Wildman–Crippen LogP) is 3.22. The Labute approximate surface area is 153 Å². The first-order chi connectivity index (χ1) is 12.7. The van der Waals surface area contributed by atoms with Gasteiger partial charge in [0.1, 0.15) is 12.9 Å². The minimum absolute atomic E-state index is 0.0140. The molecule has 0 saturated heterocycles. The molecule has 0 spiro atoms. The highest BCUT2D eigenvalue weighted by Crippen LogP contribution is 2.44. The summed E-state index contributed by atoms with van der Waals surface area (Å²) in [6.07, 6.45) is 2.39. The van der Waals surface area contributed by atoms with E-state index in [9.17, 15) is 9.59 Å². The molecule has 5 nitrogen and oxygen atoms in total. The highest BCUT2D eigenvalue weighted by Gasteiger charge is 2.29. The van der Waals surface area contributed by atoms with Gasteiger partial charge < -0.3 is 20.6 Å². The van der Waals surface area contributed by atoms with Crippen molar-refractivity contribution >= 4 is 12.4 Å². The largest absolute Gasteiger partial charge is 0.449 e. The van der Waals surface area contributed by atoms with E-state index in [1.807, 2.05) is 24.3 Å². The van der Waals surface area contributed by atoms with Gasteiger partial charge in [-0.3, -0.25) is 0 Å². The molecule has 1 aliphatic rings. The van der Waals surface area contributed by atoms with E-state index >= 15 is 0 Å². The van der Waals surface area contributed by atoms with E-state index in [1.165, 1.54) is 11.1 Å². The van der Waals surface area contributed by atoms with Crippen LogP contribution in [0.2, 0.25) is 0 Å². The lowest BCUT2D eigenvalue weighted by Crippen LogP contribution is -2.37. The predicted molar refractivity (Wildman–Crippen MR) is 101 cm³/mol. The number of hydrogen-bond acceptors (Lipinski definition) is 4. The van der Waals surface area contributed by atoms with Crippen LogP contribution in [0.3, 0.4) is 0 Å². The number of nitrogens with two attached hydrogens (primary N) is 1. The quantitative estimate of drug-likeness (QED) is 0.564. The van der Waals surface area contributed by atoms with E-state index in [0.717, 1.165) is 30.3 Å². The Kier molecular flexibility index (Phi) is 6.02. The van der Waals surface area contributed by atoms with Crippen LogP contribution >= 0.6 is 0 Å². The van der Waals surface area contributed by atoms with Crippen LogP contribution in [0.5, 0.6) is 0 Å². The van der Waals surface area contributed by atoms with Crippen molar-refractivity contribution in [3.05, 3.63) is 59.7 Å². The molecule has 2 aromatic rings. The Morgan fingerprint density at radius 3 is 2.27 bits per heavy atom. The smallest absolute Gasteiger partial charge is 0.407 e. The highest BCUT2D eigenvalue weighted by atomic mass is 16.5. The number of aldehydes is 1. The molecule has 1 unspecified atom stereocenters. The van der Waals surface area contributed by atoms with Crippen LogP contribution < -0.4 is 11.1 Å². The molecule has 26 heavy (non-hydrogen) atoms. The number of hydrogen-bond donors (Lipinski definition) is 2. The van der Waals surface area contributed by atoms with Gasteiger partial charge in [-0.25, -0.2) is 4.79 Å². The summed E-state index contributed by atoms with van der Waals surface area (Å²) in [5.41, 5.74) is 10.1. The van der Waals surface area contributed by atoms with Crippen LogP contribution in [0.4, 0.5) is 4.79 Å². The molecule has 0 heterocycles. The number of benzene rings is 2. The zero-order valence-electron chi connectivity index (χ0n) is 14.7. The topological polar surface area (TPSA) is 81.4 Å². The average Bonchev–Trinajstić information content (AvgIpc) is 2.99. The van der Waals surface area contributed by atoms with E-state index in [4.69, 9.17) is 10.5 Å². The Hall–Kier alpha value is -2.66. The number of unbranched alkanes of at least 4 members (excludes halogenated alkanes) is 1. The number of carbonyl (C=O) groups excluding carboxylic acids is 2. The van der Waals surface area contributed by atoms with Crippen molar-refractivity contribution in [3.63, 3.8) is 0 Å². The SMILES string of the molecule is NCCCCC(C=O)NC(=O)OCC1c2ccccc2-c2ccccc21. The zero-order valence-corrected chi connectivity index (χ0v) is 14.7. The second-order valence-corrected chi connectivity index (χ2v) is 6.50. The molecule has 2 aromatic carbocycles. The summed E-state index contributed by atoms with van der Waals surface area (Å²) in [5, 5.41) is 2.63. The van der Waals surface area contributed by atoms with Crippen LogP contribution in [0.1, 0.15) is 36.3 Å². The van der Waals surface area contributed by atoms with Crippen molar-refractivity contribution in [2.75, 3.05) is 13.2 Å². The summed E-state index contributed by atoms with van der Waals surface area (Å²) in [4.78, 5) is 23.2. The Morgan fingerprint density at radius 2 is 1.69 bits per heavy atom. The monoisotopic (exact) mass is 352 g/mol. The Bertz CT molecular complexity index is 730. The van der Waals surface area contributed by atoms with Gasteiger partial charge in [0, 0.05) is 5.92 Å². The molecular weight excluding hydrogens is 328 g/mol. The van der Waals surface area contributed by atoms with Gasteiger partial charge in [0.2, 0.25) is 0 Å². The van der Waals surface area contributed by atoms with E-state index in [-0.39, 0.29) is 12.5 Å². The first-order valence-corrected chi connectivity index (χ1v) is 9.01. The molecule has 0 radical (unpaired) electrons. The molecule has 0 saturated carbocycles. The summed E-state index contributed by atoms with van der Waals surface area (Å²) >= 11 is 0. The normalized spacial score (nSPS) is 13.6. The van der Waals surface area contributed by atoms with Gasteiger partial charge in [-0.15, -0.1) is 0 Å². The molecule has 0 aromatic heterocycles. The fraction of sp³-hybridized carbons (Fsp3) is 0.333. The maximum absolute atomic E-state index is 12.1. The number of alkyl carbamates (subject to hydrolysis) is 1. The van der Waals surface area contributed by atoms with Gasteiger partial charge >= 0.3 is 6.09 Å². The molecule has 1 amide bonds. The third kappa shape index (κ3) is 3.94. The zero-order chi connectivity index (χ0) is 18.4. The average molecular weight is 352 g/mol. The molecule has 1 atom stereocenters. The highest BCUT2D eigenvalue weighted by molar-refractivity contribution is 5.79. The van der Waals surface area contributed by atoms with Gasteiger partial charge in [-0.2, -0.15) is 0 Å². The second-order valence-electron chi connectivity index (χ2n) is 6.50. The summed E-state index contributed by atoms with van der Waals surface area (Å²) in [6.45, 7) is 0.824. The summed E-state index contributed by atoms with van der Waals surface area (Å²) < 4.78 is 5.44. The molecule has 0 fully saturated rings. The Balaban J connectivity index is 1.62. The van der Waals surface area contributed by atoms with Crippen LogP contribution in [-0.4, -0.2) is 31.6 Å². The first-order valence-electron chi connectivity index (χ1n) is 9.01. The van der Waals surface area contributed by atoms with E-state index in [0.29, 0.717) is 13.0 Å². The minimum Gasteiger partial charge on any atom is -0.449 e. The summed E-state index contributed by atoms with van der Waals surface area (Å²) in [7, 11) is 0. The lowest BCUT2D eigenvalue weighted by Gasteiger charge is -2.16.